The van der Waals surface area contributed by atoms with Crippen LogP contribution in [0.1, 0.15) is 12.5 Å². The number of hydrogen-bond donors (Lipinski definition) is 2. The number of sulfonamides is 1. The first-order chi connectivity index (χ1) is 11.2. The Morgan fingerprint density at radius 2 is 1.58 bits per heavy atom. The van der Waals surface area contributed by atoms with Crippen molar-refractivity contribution < 1.29 is 17.6 Å². The largest absolute Gasteiger partial charge is 0.326 e. The van der Waals surface area contributed by atoms with Crippen LogP contribution in [0, 0.1) is 18.7 Å². The van der Waals surface area contributed by atoms with Gasteiger partial charge in [-0.05, 0) is 43.3 Å². The molecule has 128 valence electrons. The van der Waals surface area contributed by atoms with Gasteiger partial charge >= 0.3 is 0 Å². The van der Waals surface area contributed by atoms with Gasteiger partial charge in [0.05, 0.1) is 11.7 Å². The molecule has 0 aliphatic heterocycles. The number of nitrogens with one attached hydrogen (secondary N) is 2. The predicted octanol–water partition coefficient (Wildman–Crippen LogP) is 3.15. The Labute approximate surface area is 141 Å². The lowest BCUT2D eigenvalue weighted by atomic mass is 10.2. The van der Waals surface area contributed by atoms with Crippen LogP contribution in [0.4, 0.5) is 15.8 Å². The molecule has 2 N–H and O–H groups in total. The van der Waals surface area contributed by atoms with E-state index in [1.165, 1.54) is 31.2 Å². The maximum atomic E-state index is 12.8. The molecule has 0 saturated carbocycles. The van der Waals surface area contributed by atoms with Crippen molar-refractivity contribution in [3.8, 4) is 0 Å². The second-order valence-electron chi connectivity index (χ2n) is 5.65. The average Bonchev–Trinajstić information content (AvgIpc) is 2.51. The molecule has 1 atom stereocenters. The van der Waals surface area contributed by atoms with Crippen molar-refractivity contribution >= 4 is 27.3 Å². The maximum absolute atomic E-state index is 12.8. The number of aryl methyl sites for hydroxylation is 1. The fourth-order valence-corrected chi connectivity index (χ4v) is 3.43. The van der Waals surface area contributed by atoms with Crippen molar-refractivity contribution in [1.82, 2.24) is 0 Å². The summed E-state index contributed by atoms with van der Waals surface area (Å²) in [6.07, 6.45) is 0. The van der Waals surface area contributed by atoms with E-state index in [0.717, 1.165) is 5.56 Å². The summed E-state index contributed by atoms with van der Waals surface area (Å²) in [4.78, 5) is 12.1. The highest BCUT2D eigenvalue weighted by molar-refractivity contribution is 7.92. The van der Waals surface area contributed by atoms with E-state index in [4.69, 9.17) is 0 Å². The lowest BCUT2D eigenvalue weighted by Crippen LogP contribution is -2.29. The minimum absolute atomic E-state index is 0.353. The molecule has 2 aromatic carbocycles. The molecule has 1 unspecified atom stereocenters. The number of rotatable bonds is 6. The molecule has 24 heavy (non-hydrogen) atoms. The zero-order valence-corrected chi connectivity index (χ0v) is 14.2. The van der Waals surface area contributed by atoms with Crippen LogP contribution < -0.4 is 10.0 Å². The number of amides is 1. The molecular weight excluding hydrogens is 331 g/mol. The molecule has 0 spiro atoms. The number of carbonyl (C=O) groups is 1. The van der Waals surface area contributed by atoms with Gasteiger partial charge in [-0.2, -0.15) is 0 Å². The zero-order chi connectivity index (χ0) is 17.7. The topological polar surface area (TPSA) is 75.3 Å². The van der Waals surface area contributed by atoms with E-state index in [2.05, 4.69) is 10.0 Å². The zero-order valence-electron chi connectivity index (χ0n) is 13.4. The third-order valence-corrected chi connectivity index (χ3v) is 4.84. The van der Waals surface area contributed by atoms with E-state index in [0.29, 0.717) is 11.4 Å². The molecule has 0 heterocycles. The summed E-state index contributed by atoms with van der Waals surface area (Å²) in [6.45, 7) is 3.42. The Hall–Kier alpha value is -2.41. The van der Waals surface area contributed by atoms with Gasteiger partial charge < -0.3 is 5.32 Å². The van der Waals surface area contributed by atoms with Crippen molar-refractivity contribution in [2.45, 2.75) is 13.8 Å². The van der Waals surface area contributed by atoms with Gasteiger partial charge in [0.15, 0.2) is 0 Å². The second kappa shape index (κ2) is 7.44. The van der Waals surface area contributed by atoms with Gasteiger partial charge in [0, 0.05) is 11.4 Å². The maximum Gasteiger partial charge on any atom is 0.233 e. The Kier molecular flexibility index (Phi) is 5.56. The predicted molar refractivity (Wildman–Crippen MR) is 92.8 cm³/mol. The van der Waals surface area contributed by atoms with E-state index in [9.17, 15) is 17.6 Å². The van der Waals surface area contributed by atoms with E-state index in [-0.39, 0.29) is 5.75 Å². The van der Waals surface area contributed by atoms with E-state index in [1.807, 2.05) is 6.92 Å². The summed E-state index contributed by atoms with van der Waals surface area (Å²) in [7, 11) is -3.66. The highest BCUT2D eigenvalue weighted by atomic mass is 32.2. The fraction of sp³-hybridized carbons (Fsp3) is 0.235. The summed E-state index contributed by atoms with van der Waals surface area (Å²) in [5.74, 6) is -1.98. The molecule has 0 fully saturated rings. The Bertz CT molecular complexity index is 803. The molecule has 2 aromatic rings. The van der Waals surface area contributed by atoms with Crippen LogP contribution in [0.5, 0.6) is 0 Å². The van der Waals surface area contributed by atoms with Gasteiger partial charge in [0.2, 0.25) is 15.9 Å². The lowest BCUT2D eigenvalue weighted by molar-refractivity contribution is -0.118. The van der Waals surface area contributed by atoms with Crippen LogP contribution >= 0.6 is 0 Å². The number of hydrogen-bond acceptors (Lipinski definition) is 3. The van der Waals surface area contributed by atoms with Crippen LogP contribution in [-0.4, -0.2) is 20.1 Å². The van der Waals surface area contributed by atoms with Crippen molar-refractivity contribution in [2.75, 3.05) is 15.8 Å². The van der Waals surface area contributed by atoms with Crippen LogP contribution in [0.2, 0.25) is 0 Å². The van der Waals surface area contributed by atoms with Gasteiger partial charge in [-0.3, -0.25) is 9.52 Å². The fourth-order valence-electron chi connectivity index (χ4n) is 2.05. The smallest absolute Gasteiger partial charge is 0.233 e. The van der Waals surface area contributed by atoms with E-state index < -0.39 is 27.7 Å². The number of benzene rings is 2. The second-order valence-corrected chi connectivity index (χ2v) is 7.41. The highest BCUT2D eigenvalue weighted by Crippen LogP contribution is 2.14. The molecule has 2 rings (SSSR count). The van der Waals surface area contributed by atoms with Gasteiger partial charge in [0.1, 0.15) is 5.82 Å². The molecule has 0 saturated heterocycles. The number of halogens is 1. The summed E-state index contributed by atoms with van der Waals surface area (Å²) in [5, 5.41) is 2.56. The summed E-state index contributed by atoms with van der Waals surface area (Å²) in [5.41, 5.74) is 1.88. The minimum Gasteiger partial charge on any atom is -0.326 e. The number of carbonyl (C=O) groups excluding carboxylic acids is 1. The van der Waals surface area contributed by atoms with Gasteiger partial charge in [-0.15, -0.1) is 0 Å². The van der Waals surface area contributed by atoms with Crippen LogP contribution in [-0.2, 0) is 14.8 Å². The highest BCUT2D eigenvalue weighted by Gasteiger charge is 2.21. The molecule has 0 radical (unpaired) electrons. The molecule has 5 nitrogen and oxygen atoms in total. The van der Waals surface area contributed by atoms with Crippen molar-refractivity contribution in [2.24, 2.45) is 5.92 Å². The first-order valence-electron chi connectivity index (χ1n) is 7.39. The molecule has 0 aliphatic carbocycles. The quantitative estimate of drug-likeness (QED) is 0.840. The van der Waals surface area contributed by atoms with Crippen molar-refractivity contribution in [3.63, 3.8) is 0 Å². The molecule has 0 bridgehead atoms. The standard InChI is InChI=1S/C17H19FN2O3S/c1-12-3-7-16(8-4-12)20-24(22,23)11-13(2)17(21)19-15-9-5-14(18)6-10-15/h3-10,13,20H,11H2,1-2H3,(H,19,21). The lowest BCUT2D eigenvalue weighted by Gasteiger charge is -2.14. The van der Waals surface area contributed by atoms with Crippen LogP contribution in [0.3, 0.4) is 0 Å². The first-order valence-corrected chi connectivity index (χ1v) is 9.04. The Morgan fingerprint density at radius 1 is 1.04 bits per heavy atom. The van der Waals surface area contributed by atoms with Gasteiger partial charge in [-0.1, -0.05) is 24.6 Å². The number of anilines is 2. The third-order valence-electron chi connectivity index (χ3n) is 3.35. The first kappa shape index (κ1) is 17.9. The Balaban J connectivity index is 1.96. The molecular formula is C17H19FN2O3S. The SMILES string of the molecule is Cc1ccc(NS(=O)(=O)CC(C)C(=O)Nc2ccc(F)cc2)cc1. The summed E-state index contributed by atoms with van der Waals surface area (Å²) in [6, 6.07) is 12.2. The molecule has 0 aromatic heterocycles. The Morgan fingerprint density at radius 3 is 2.17 bits per heavy atom. The molecule has 7 heteroatoms. The van der Waals surface area contributed by atoms with Gasteiger partial charge in [0.25, 0.3) is 0 Å². The van der Waals surface area contributed by atoms with Crippen LogP contribution in [0.15, 0.2) is 48.5 Å². The average molecular weight is 350 g/mol. The summed E-state index contributed by atoms with van der Waals surface area (Å²) >= 11 is 0. The van der Waals surface area contributed by atoms with Crippen molar-refractivity contribution in [3.05, 3.63) is 59.9 Å². The van der Waals surface area contributed by atoms with E-state index >= 15 is 0 Å². The monoisotopic (exact) mass is 350 g/mol. The molecule has 1 amide bonds. The van der Waals surface area contributed by atoms with Crippen LogP contribution in [0.25, 0.3) is 0 Å². The molecule has 0 aliphatic rings. The minimum atomic E-state index is -3.66. The van der Waals surface area contributed by atoms with Crippen molar-refractivity contribution in [1.29, 1.82) is 0 Å². The third kappa shape index (κ3) is 5.34. The van der Waals surface area contributed by atoms with Gasteiger partial charge in [-0.25, -0.2) is 12.8 Å². The summed E-state index contributed by atoms with van der Waals surface area (Å²) < 4.78 is 39.6. The van der Waals surface area contributed by atoms with E-state index in [1.54, 1.807) is 24.3 Å². The normalized spacial score (nSPS) is 12.5.